The summed E-state index contributed by atoms with van der Waals surface area (Å²) in [5.74, 6) is -0.351. The molecule has 2 atom stereocenters. The van der Waals surface area contributed by atoms with Gasteiger partial charge >= 0.3 is 0 Å². The summed E-state index contributed by atoms with van der Waals surface area (Å²) >= 11 is 0. The fourth-order valence-corrected chi connectivity index (χ4v) is 1.85. The van der Waals surface area contributed by atoms with Gasteiger partial charge in [0.1, 0.15) is 5.82 Å². The zero-order valence-electron chi connectivity index (χ0n) is 11.2. The van der Waals surface area contributed by atoms with E-state index < -0.39 is 6.04 Å². The second-order valence-corrected chi connectivity index (χ2v) is 4.57. The van der Waals surface area contributed by atoms with Crippen LogP contribution in [-0.4, -0.2) is 23.9 Å². The van der Waals surface area contributed by atoms with Gasteiger partial charge in [-0.15, -0.1) is 0 Å². The topological polar surface area (TPSA) is 46.3 Å². The van der Waals surface area contributed by atoms with Gasteiger partial charge < -0.3 is 10.6 Å². The number of amides is 1. The van der Waals surface area contributed by atoms with Gasteiger partial charge in [0, 0.05) is 7.05 Å². The number of carbonyl (C=O) groups is 1. The summed E-state index contributed by atoms with van der Waals surface area (Å²) in [6, 6.07) is 5.61. The number of likely N-dealkylation sites (N-methyl/N-ethyl adjacent to an activating group) is 1. The van der Waals surface area contributed by atoms with Gasteiger partial charge in [0.05, 0.1) is 12.1 Å². The standard InChI is InChI=1S/C14H21FN2O/c1-4-5-13(16)14(18)17(3)10(2)11-6-8-12(15)9-7-11/h6-10,13H,4-5,16H2,1-3H3/t10?,13-/m0/s1. The van der Waals surface area contributed by atoms with Crippen LogP contribution in [0.4, 0.5) is 4.39 Å². The Morgan fingerprint density at radius 3 is 2.44 bits per heavy atom. The summed E-state index contributed by atoms with van der Waals surface area (Å²) in [5, 5.41) is 0. The van der Waals surface area contributed by atoms with Crippen molar-refractivity contribution < 1.29 is 9.18 Å². The summed E-state index contributed by atoms with van der Waals surface area (Å²) in [7, 11) is 1.73. The molecule has 0 saturated heterocycles. The monoisotopic (exact) mass is 252 g/mol. The fraction of sp³-hybridized carbons (Fsp3) is 0.500. The molecule has 0 aliphatic rings. The van der Waals surface area contributed by atoms with Gasteiger partial charge in [-0.3, -0.25) is 4.79 Å². The third-order valence-corrected chi connectivity index (χ3v) is 3.20. The molecule has 1 amide bonds. The van der Waals surface area contributed by atoms with Crippen LogP contribution in [0.25, 0.3) is 0 Å². The molecule has 0 spiro atoms. The number of halogens is 1. The van der Waals surface area contributed by atoms with E-state index in [1.807, 2.05) is 13.8 Å². The number of carbonyl (C=O) groups excluding carboxylic acids is 1. The van der Waals surface area contributed by atoms with Gasteiger partial charge in [0.15, 0.2) is 0 Å². The lowest BCUT2D eigenvalue weighted by Crippen LogP contribution is -2.42. The summed E-state index contributed by atoms with van der Waals surface area (Å²) in [6.45, 7) is 3.90. The lowest BCUT2D eigenvalue weighted by Gasteiger charge is -2.27. The lowest BCUT2D eigenvalue weighted by molar-refractivity contribution is -0.133. The van der Waals surface area contributed by atoms with Crippen LogP contribution in [0.3, 0.4) is 0 Å². The summed E-state index contributed by atoms with van der Waals surface area (Å²) < 4.78 is 12.8. The number of hydrogen-bond donors (Lipinski definition) is 1. The molecular formula is C14H21FN2O. The van der Waals surface area contributed by atoms with Crippen LogP contribution in [0.5, 0.6) is 0 Å². The van der Waals surface area contributed by atoms with E-state index in [0.29, 0.717) is 6.42 Å². The van der Waals surface area contributed by atoms with Gasteiger partial charge in [-0.2, -0.15) is 0 Å². The van der Waals surface area contributed by atoms with Crippen molar-refractivity contribution in [2.75, 3.05) is 7.05 Å². The maximum Gasteiger partial charge on any atom is 0.239 e. The average Bonchev–Trinajstić information content (AvgIpc) is 2.37. The molecule has 0 aliphatic heterocycles. The van der Waals surface area contributed by atoms with E-state index in [2.05, 4.69) is 0 Å². The molecule has 2 N–H and O–H groups in total. The van der Waals surface area contributed by atoms with Crippen LogP contribution in [0.15, 0.2) is 24.3 Å². The number of nitrogens with two attached hydrogens (primary N) is 1. The highest BCUT2D eigenvalue weighted by atomic mass is 19.1. The molecule has 0 fully saturated rings. The molecule has 0 saturated carbocycles. The first kappa shape index (κ1) is 14.6. The largest absolute Gasteiger partial charge is 0.338 e. The van der Waals surface area contributed by atoms with Crippen molar-refractivity contribution in [2.45, 2.75) is 38.8 Å². The molecule has 3 nitrogen and oxygen atoms in total. The van der Waals surface area contributed by atoms with E-state index in [0.717, 1.165) is 12.0 Å². The second kappa shape index (κ2) is 6.50. The second-order valence-electron chi connectivity index (χ2n) is 4.57. The van der Waals surface area contributed by atoms with E-state index in [-0.39, 0.29) is 17.8 Å². The van der Waals surface area contributed by atoms with Crippen molar-refractivity contribution >= 4 is 5.91 Å². The Morgan fingerprint density at radius 2 is 1.94 bits per heavy atom. The van der Waals surface area contributed by atoms with E-state index in [1.54, 1.807) is 24.1 Å². The van der Waals surface area contributed by atoms with E-state index in [9.17, 15) is 9.18 Å². The van der Waals surface area contributed by atoms with Crippen LogP contribution in [0.2, 0.25) is 0 Å². The third kappa shape index (κ3) is 3.53. The summed E-state index contributed by atoms with van der Waals surface area (Å²) in [4.78, 5) is 13.7. The average molecular weight is 252 g/mol. The van der Waals surface area contributed by atoms with Crippen LogP contribution >= 0.6 is 0 Å². The molecule has 100 valence electrons. The first-order valence-electron chi connectivity index (χ1n) is 6.25. The quantitative estimate of drug-likeness (QED) is 0.875. The molecule has 0 aromatic heterocycles. The van der Waals surface area contributed by atoms with Gasteiger partial charge in [0.2, 0.25) is 5.91 Å². The molecule has 0 heterocycles. The van der Waals surface area contributed by atoms with E-state index in [4.69, 9.17) is 5.73 Å². The zero-order valence-corrected chi connectivity index (χ0v) is 11.2. The Morgan fingerprint density at radius 1 is 1.39 bits per heavy atom. The van der Waals surface area contributed by atoms with Crippen LogP contribution < -0.4 is 5.73 Å². The number of nitrogens with zero attached hydrogens (tertiary/aromatic N) is 1. The summed E-state index contributed by atoms with van der Waals surface area (Å²) in [5.41, 5.74) is 6.72. The minimum atomic E-state index is -0.456. The van der Waals surface area contributed by atoms with E-state index in [1.165, 1.54) is 12.1 Å². The first-order valence-corrected chi connectivity index (χ1v) is 6.25. The maximum absolute atomic E-state index is 12.8. The highest BCUT2D eigenvalue weighted by Crippen LogP contribution is 2.19. The van der Waals surface area contributed by atoms with Crippen LogP contribution in [0.1, 0.15) is 38.3 Å². The molecule has 1 unspecified atom stereocenters. The Hall–Kier alpha value is -1.42. The van der Waals surface area contributed by atoms with Crippen molar-refractivity contribution in [2.24, 2.45) is 5.73 Å². The first-order chi connectivity index (χ1) is 8.47. The molecule has 0 bridgehead atoms. The third-order valence-electron chi connectivity index (χ3n) is 3.20. The highest BCUT2D eigenvalue weighted by Gasteiger charge is 2.22. The Balaban J connectivity index is 2.74. The molecule has 0 radical (unpaired) electrons. The van der Waals surface area contributed by atoms with Crippen molar-refractivity contribution in [3.05, 3.63) is 35.6 Å². The predicted octanol–water partition coefficient (Wildman–Crippen LogP) is 2.47. The number of hydrogen-bond acceptors (Lipinski definition) is 2. The lowest BCUT2D eigenvalue weighted by atomic mass is 10.1. The van der Waals surface area contributed by atoms with Crippen molar-refractivity contribution in [3.8, 4) is 0 Å². The molecule has 18 heavy (non-hydrogen) atoms. The minimum absolute atomic E-state index is 0.0753. The van der Waals surface area contributed by atoms with Crippen LogP contribution in [0, 0.1) is 5.82 Å². The van der Waals surface area contributed by atoms with Crippen molar-refractivity contribution in [3.63, 3.8) is 0 Å². The van der Waals surface area contributed by atoms with Crippen molar-refractivity contribution in [1.82, 2.24) is 4.90 Å². The zero-order chi connectivity index (χ0) is 13.7. The smallest absolute Gasteiger partial charge is 0.239 e. The molecule has 1 aromatic rings. The highest BCUT2D eigenvalue weighted by molar-refractivity contribution is 5.81. The predicted molar refractivity (Wildman–Crippen MR) is 70.5 cm³/mol. The van der Waals surface area contributed by atoms with Gasteiger partial charge in [-0.1, -0.05) is 25.5 Å². The molecule has 1 rings (SSSR count). The SMILES string of the molecule is CCC[C@H](N)C(=O)N(C)C(C)c1ccc(F)cc1. The van der Waals surface area contributed by atoms with Gasteiger partial charge in [-0.25, -0.2) is 4.39 Å². The Labute approximate surface area is 108 Å². The molecule has 0 aliphatic carbocycles. The van der Waals surface area contributed by atoms with Crippen LogP contribution in [-0.2, 0) is 4.79 Å². The van der Waals surface area contributed by atoms with E-state index >= 15 is 0 Å². The van der Waals surface area contributed by atoms with Crippen molar-refractivity contribution in [1.29, 1.82) is 0 Å². The molecule has 4 heteroatoms. The van der Waals surface area contributed by atoms with Gasteiger partial charge in [0.25, 0.3) is 0 Å². The normalized spacial score (nSPS) is 14.1. The molecule has 1 aromatic carbocycles. The Bertz CT molecular complexity index is 391. The number of rotatable bonds is 5. The maximum atomic E-state index is 12.8. The molecular weight excluding hydrogens is 231 g/mol. The fourth-order valence-electron chi connectivity index (χ4n) is 1.85. The minimum Gasteiger partial charge on any atom is -0.338 e. The van der Waals surface area contributed by atoms with Gasteiger partial charge in [-0.05, 0) is 31.0 Å². The Kier molecular flexibility index (Phi) is 5.28. The number of benzene rings is 1. The summed E-state index contributed by atoms with van der Waals surface area (Å²) in [6.07, 6.45) is 1.56.